The summed E-state index contributed by atoms with van der Waals surface area (Å²) in [6, 6.07) is 2.07. The molecule has 1 amide bonds. The lowest BCUT2D eigenvalue weighted by atomic mass is 10.2. The lowest BCUT2D eigenvalue weighted by Gasteiger charge is -2.34. The zero-order chi connectivity index (χ0) is 14.7. The number of primary amides is 1. The van der Waals surface area contributed by atoms with Crippen LogP contribution in [0.3, 0.4) is 0 Å². The molecule has 0 spiro atoms. The van der Waals surface area contributed by atoms with Crippen LogP contribution in [-0.2, 0) is 4.79 Å². The fraction of sp³-hybridized carbons (Fsp3) is 0.455. The molecule has 0 unspecified atom stereocenters. The van der Waals surface area contributed by atoms with E-state index in [0.717, 1.165) is 12.1 Å². The first-order chi connectivity index (χ1) is 9.47. The molecule has 1 fully saturated rings. The van der Waals surface area contributed by atoms with Crippen LogP contribution in [0.5, 0.6) is 0 Å². The first-order valence-corrected chi connectivity index (χ1v) is 6.04. The Hall–Kier alpha value is -2.29. The summed E-state index contributed by atoms with van der Waals surface area (Å²) >= 11 is 0. The van der Waals surface area contributed by atoms with E-state index in [1.807, 2.05) is 4.90 Å². The summed E-state index contributed by atoms with van der Waals surface area (Å²) in [6.07, 6.45) is 0. The number of piperazine rings is 1. The average Bonchev–Trinajstić information content (AvgIpc) is 2.38. The highest BCUT2D eigenvalue weighted by Crippen LogP contribution is 2.26. The number of carbonyl (C=O) groups excluding carboxylic acids is 1. The van der Waals surface area contributed by atoms with Crippen LogP contribution < -0.4 is 10.6 Å². The second-order valence-electron chi connectivity index (χ2n) is 4.46. The molecule has 0 aromatic carbocycles. The monoisotopic (exact) mass is 283 g/mol. The lowest BCUT2D eigenvalue weighted by molar-refractivity contribution is -0.384. The maximum Gasteiger partial charge on any atom is 0.311 e. The maximum absolute atomic E-state index is 13.2. The molecule has 8 nitrogen and oxygen atoms in total. The van der Waals surface area contributed by atoms with Crippen LogP contribution in [0.4, 0.5) is 15.9 Å². The van der Waals surface area contributed by atoms with E-state index in [4.69, 9.17) is 5.73 Å². The Morgan fingerprint density at radius 1 is 1.40 bits per heavy atom. The molecule has 2 heterocycles. The van der Waals surface area contributed by atoms with Gasteiger partial charge in [-0.05, 0) is 0 Å². The van der Waals surface area contributed by atoms with E-state index in [-0.39, 0.29) is 18.1 Å². The van der Waals surface area contributed by atoms with Gasteiger partial charge in [-0.15, -0.1) is 0 Å². The highest BCUT2D eigenvalue weighted by Gasteiger charge is 2.26. The summed E-state index contributed by atoms with van der Waals surface area (Å²) < 4.78 is 13.2. The van der Waals surface area contributed by atoms with Gasteiger partial charge in [0, 0.05) is 38.3 Å². The number of halogens is 1. The fourth-order valence-electron chi connectivity index (χ4n) is 2.13. The standard InChI is InChI=1S/C11H14FN5O3/c12-9-2-1-8(17(19)20)11(14-9)16-5-3-15(4-6-16)7-10(13)18/h1-2H,3-7H2,(H2,13,18). The molecule has 9 heteroatoms. The van der Waals surface area contributed by atoms with Gasteiger partial charge in [-0.2, -0.15) is 9.37 Å². The molecule has 108 valence electrons. The van der Waals surface area contributed by atoms with Crippen LogP contribution in [0.25, 0.3) is 0 Å². The Morgan fingerprint density at radius 2 is 2.05 bits per heavy atom. The number of nitrogens with zero attached hydrogens (tertiary/aromatic N) is 4. The number of nitro groups is 1. The number of nitrogens with two attached hydrogens (primary N) is 1. The molecule has 0 radical (unpaired) electrons. The predicted molar refractivity (Wildman–Crippen MR) is 68.7 cm³/mol. The van der Waals surface area contributed by atoms with Gasteiger partial charge in [0.15, 0.2) is 0 Å². The van der Waals surface area contributed by atoms with E-state index in [9.17, 15) is 19.3 Å². The zero-order valence-electron chi connectivity index (χ0n) is 10.7. The Kier molecular flexibility index (Phi) is 4.08. The Balaban J connectivity index is 2.12. The van der Waals surface area contributed by atoms with Crippen LogP contribution in [0.15, 0.2) is 12.1 Å². The van der Waals surface area contributed by atoms with Crippen molar-refractivity contribution in [2.75, 3.05) is 37.6 Å². The molecule has 1 aromatic heterocycles. The molecule has 1 aliphatic rings. The molecule has 2 rings (SSSR count). The number of pyridine rings is 1. The fourth-order valence-corrected chi connectivity index (χ4v) is 2.13. The van der Waals surface area contributed by atoms with Crippen LogP contribution in [0.2, 0.25) is 0 Å². The van der Waals surface area contributed by atoms with Gasteiger partial charge in [0.05, 0.1) is 11.5 Å². The Morgan fingerprint density at radius 3 is 2.60 bits per heavy atom. The predicted octanol–water partition coefficient (Wildman–Crippen LogP) is -0.264. The summed E-state index contributed by atoms with van der Waals surface area (Å²) in [7, 11) is 0. The number of aromatic nitrogens is 1. The lowest BCUT2D eigenvalue weighted by Crippen LogP contribution is -2.49. The summed E-state index contributed by atoms with van der Waals surface area (Å²) in [5.41, 5.74) is 4.88. The third kappa shape index (κ3) is 3.18. The first kappa shape index (κ1) is 14.1. The smallest absolute Gasteiger partial charge is 0.311 e. The summed E-state index contributed by atoms with van der Waals surface area (Å²) in [5, 5.41) is 10.9. The number of rotatable bonds is 4. The number of carbonyl (C=O) groups is 1. The molecule has 20 heavy (non-hydrogen) atoms. The zero-order valence-corrected chi connectivity index (χ0v) is 10.7. The van der Waals surface area contributed by atoms with Crippen molar-refractivity contribution in [2.45, 2.75) is 0 Å². The van der Waals surface area contributed by atoms with Crippen molar-refractivity contribution in [3.8, 4) is 0 Å². The van der Waals surface area contributed by atoms with Gasteiger partial charge in [-0.1, -0.05) is 0 Å². The topological polar surface area (TPSA) is 106 Å². The normalized spacial score (nSPS) is 16.1. The van der Waals surface area contributed by atoms with Gasteiger partial charge in [0.1, 0.15) is 0 Å². The van der Waals surface area contributed by atoms with Crippen molar-refractivity contribution < 1.29 is 14.1 Å². The quantitative estimate of drug-likeness (QED) is 0.463. The molecule has 1 aromatic rings. The SMILES string of the molecule is NC(=O)CN1CCN(c2nc(F)ccc2[N+](=O)[O-])CC1. The van der Waals surface area contributed by atoms with E-state index in [0.29, 0.717) is 26.2 Å². The summed E-state index contributed by atoms with van der Waals surface area (Å²) in [4.78, 5) is 28.3. The maximum atomic E-state index is 13.2. The van der Waals surface area contributed by atoms with E-state index in [1.54, 1.807) is 4.90 Å². The summed E-state index contributed by atoms with van der Waals surface area (Å²) in [5.74, 6) is -1.16. The van der Waals surface area contributed by atoms with E-state index < -0.39 is 16.8 Å². The molecule has 0 aliphatic carbocycles. The van der Waals surface area contributed by atoms with Crippen molar-refractivity contribution in [3.05, 3.63) is 28.2 Å². The van der Waals surface area contributed by atoms with Crippen molar-refractivity contribution in [1.82, 2.24) is 9.88 Å². The third-order valence-electron chi connectivity index (χ3n) is 3.07. The van der Waals surface area contributed by atoms with Crippen LogP contribution in [-0.4, -0.2) is 53.4 Å². The molecular weight excluding hydrogens is 269 g/mol. The number of hydrogen-bond acceptors (Lipinski definition) is 6. The minimum Gasteiger partial charge on any atom is -0.369 e. The van der Waals surface area contributed by atoms with Crippen molar-refractivity contribution in [2.24, 2.45) is 5.73 Å². The van der Waals surface area contributed by atoms with Gasteiger partial charge in [-0.3, -0.25) is 19.8 Å². The van der Waals surface area contributed by atoms with Gasteiger partial charge < -0.3 is 10.6 Å². The van der Waals surface area contributed by atoms with Crippen molar-refractivity contribution >= 4 is 17.4 Å². The van der Waals surface area contributed by atoms with Crippen LogP contribution in [0, 0.1) is 16.1 Å². The minimum absolute atomic E-state index is 0.0220. The molecule has 0 atom stereocenters. The molecule has 0 saturated carbocycles. The Labute approximate surface area is 114 Å². The number of anilines is 1. The molecule has 1 saturated heterocycles. The highest BCUT2D eigenvalue weighted by molar-refractivity contribution is 5.76. The molecular formula is C11H14FN5O3. The molecule has 2 N–H and O–H groups in total. The van der Waals surface area contributed by atoms with E-state index >= 15 is 0 Å². The van der Waals surface area contributed by atoms with Crippen molar-refractivity contribution in [1.29, 1.82) is 0 Å². The van der Waals surface area contributed by atoms with Crippen molar-refractivity contribution in [3.63, 3.8) is 0 Å². The second-order valence-corrected chi connectivity index (χ2v) is 4.46. The van der Waals surface area contributed by atoms with Crippen LogP contribution >= 0.6 is 0 Å². The number of hydrogen-bond donors (Lipinski definition) is 1. The van der Waals surface area contributed by atoms with Crippen LogP contribution in [0.1, 0.15) is 0 Å². The highest BCUT2D eigenvalue weighted by atomic mass is 19.1. The second kappa shape index (κ2) is 5.78. The van der Waals surface area contributed by atoms with Gasteiger partial charge in [-0.25, -0.2) is 0 Å². The first-order valence-electron chi connectivity index (χ1n) is 6.04. The van der Waals surface area contributed by atoms with Gasteiger partial charge in [0.25, 0.3) is 0 Å². The van der Waals surface area contributed by atoms with E-state index in [2.05, 4.69) is 4.98 Å². The molecule has 0 bridgehead atoms. The Bertz CT molecular complexity index is 531. The molecule has 1 aliphatic heterocycles. The van der Waals surface area contributed by atoms with Gasteiger partial charge >= 0.3 is 5.69 Å². The minimum atomic E-state index is -0.759. The largest absolute Gasteiger partial charge is 0.369 e. The van der Waals surface area contributed by atoms with E-state index in [1.165, 1.54) is 0 Å². The summed E-state index contributed by atoms with van der Waals surface area (Å²) in [6.45, 7) is 2.01. The number of amides is 1. The average molecular weight is 283 g/mol. The third-order valence-corrected chi connectivity index (χ3v) is 3.07. The van der Waals surface area contributed by atoms with Gasteiger partial charge in [0.2, 0.25) is 17.7 Å².